The van der Waals surface area contributed by atoms with Crippen LogP contribution in [0.15, 0.2) is 18.3 Å². The molecule has 0 aromatic carbocycles. The topological polar surface area (TPSA) is 51.2 Å². The minimum absolute atomic E-state index is 0.181. The summed E-state index contributed by atoms with van der Waals surface area (Å²) in [6.07, 6.45) is 14.2. The number of pyridine rings is 1. The molecular formula is C22H33ClN2O2. The van der Waals surface area contributed by atoms with E-state index in [4.69, 9.17) is 16.3 Å². The number of ether oxygens (including phenoxy) is 1. The fourth-order valence-electron chi connectivity index (χ4n) is 4.45. The molecular weight excluding hydrogens is 360 g/mol. The molecule has 150 valence electrons. The van der Waals surface area contributed by atoms with Gasteiger partial charge in [-0.3, -0.25) is 4.79 Å². The van der Waals surface area contributed by atoms with Crippen molar-refractivity contribution in [1.82, 2.24) is 10.3 Å². The van der Waals surface area contributed by atoms with Gasteiger partial charge in [-0.25, -0.2) is 4.98 Å². The first kappa shape index (κ1) is 20.4. The molecule has 1 heterocycles. The smallest absolute Gasteiger partial charge is 0.223 e. The van der Waals surface area contributed by atoms with Crippen LogP contribution in [-0.4, -0.2) is 23.0 Å². The molecule has 0 unspecified atom stereocenters. The predicted octanol–water partition coefficient (Wildman–Crippen LogP) is 5.54. The van der Waals surface area contributed by atoms with Gasteiger partial charge in [-0.05, 0) is 63.4 Å². The lowest BCUT2D eigenvalue weighted by molar-refractivity contribution is -0.127. The lowest BCUT2D eigenvalue weighted by Gasteiger charge is -2.32. The number of aromatic nitrogens is 1. The zero-order valence-electron chi connectivity index (χ0n) is 16.5. The van der Waals surface area contributed by atoms with Gasteiger partial charge in [0.25, 0.3) is 0 Å². The molecule has 2 saturated carbocycles. The highest BCUT2D eigenvalue weighted by Crippen LogP contribution is 2.32. The number of hydrogen-bond acceptors (Lipinski definition) is 3. The summed E-state index contributed by atoms with van der Waals surface area (Å²) in [5, 5.41) is 3.93. The number of unbranched alkanes of at least 4 members (excludes halogenated alkanes) is 1. The first-order valence-electron chi connectivity index (χ1n) is 10.7. The molecule has 2 fully saturated rings. The summed E-state index contributed by atoms with van der Waals surface area (Å²) in [6.45, 7) is 2.25. The Morgan fingerprint density at radius 1 is 1.15 bits per heavy atom. The molecule has 1 aromatic rings. The number of nitrogens with one attached hydrogen (secondary N) is 1. The van der Waals surface area contributed by atoms with Gasteiger partial charge in [-0.2, -0.15) is 0 Å². The molecule has 2 aliphatic rings. The molecule has 4 nitrogen and oxygen atoms in total. The standard InChI is InChI=1S/C22H33ClN2O2/c1-2-3-4-16-5-7-17(8-6-16)22(26)25-19-10-12-20(13-11-19)27-21-14-9-18(23)15-24-21/h9,14-17,19-20H,2-8,10-13H2,1H3,(H,25,26). The Bertz CT molecular complexity index is 576. The van der Waals surface area contributed by atoms with E-state index in [2.05, 4.69) is 17.2 Å². The second-order valence-electron chi connectivity index (χ2n) is 8.27. The molecule has 0 spiro atoms. The highest BCUT2D eigenvalue weighted by atomic mass is 35.5. The van der Waals surface area contributed by atoms with Crippen LogP contribution >= 0.6 is 11.6 Å². The first-order chi connectivity index (χ1) is 13.1. The van der Waals surface area contributed by atoms with E-state index in [1.165, 1.54) is 32.1 Å². The summed E-state index contributed by atoms with van der Waals surface area (Å²) in [5.74, 6) is 2.00. The second-order valence-corrected chi connectivity index (χ2v) is 8.71. The van der Waals surface area contributed by atoms with E-state index < -0.39 is 0 Å². The maximum atomic E-state index is 12.6. The Morgan fingerprint density at radius 3 is 2.52 bits per heavy atom. The quantitative estimate of drug-likeness (QED) is 0.662. The van der Waals surface area contributed by atoms with Gasteiger partial charge in [-0.15, -0.1) is 0 Å². The highest BCUT2D eigenvalue weighted by molar-refractivity contribution is 6.30. The summed E-state index contributed by atoms with van der Waals surface area (Å²) in [5.41, 5.74) is 0. The molecule has 0 aliphatic heterocycles. The van der Waals surface area contributed by atoms with E-state index in [0.29, 0.717) is 16.9 Å². The van der Waals surface area contributed by atoms with Crippen LogP contribution in [0, 0.1) is 11.8 Å². The molecule has 1 aromatic heterocycles. The SMILES string of the molecule is CCCCC1CCC(C(=O)NC2CCC(Oc3ccc(Cl)cn3)CC2)CC1. The number of carbonyl (C=O) groups excluding carboxylic acids is 1. The van der Waals surface area contributed by atoms with Gasteiger partial charge in [0.1, 0.15) is 6.10 Å². The van der Waals surface area contributed by atoms with Gasteiger partial charge in [0.15, 0.2) is 0 Å². The molecule has 1 amide bonds. The maximum Gasteiger partial charge on any atom is 0.223 e. The van der Waals surface area contributed by atoms with Gasteiger partial charge in [0.05, 0.1) is 5.02 Å². The Hall–Kier alpha value is -1.29. The van der Waals surface area contributed by atoms with Crippen LogP contribution in [0.25, 0.3) is 0 Å². The van der Waals surface area contributed by atoms with Crippen LogP contribution in [0.1, 0.15) is 77.6 Å². The summed E-state index contributed by atoms with van der Waals surface area (Å²) in [7, 11) is 0. The third-order valence-electron chi connectivity index (χ3n) is 6.19. The molecule has 0 bridgehead atoms. The van der Waals surface area contributed by atoms with Gasteiger partial charge in [0.2, 0.25) is 11.8 Å². The van der Waals surface area contributed by atoms with Gasteiger partial charge in [-0.1, -0.05) is 37.8 Å². The Morgan fingerprint density at radius 2 is 1.89 bits per heavy atom. The molecule has 0 saturated heterocycles. The van der Waals surface area contributed by atoms with Gasteiger partial charge in [0, 0.05) is 24.2 Å². The van der Waals surface area contributed by atoms with Crippen molar-refractivity contribution < 1.29 is 9.53 Å². The fraction of sp³-hybridized carbons (Fsp3) is 0.727. The average Bonchev–Trinajstić information content (AvgIpc) is 2.70. The van der Waals surface area contributed by atoms with Crippen molar-refractivity contribution in [3.8, 4) is 5.88 Å². The molecule has 0 atom stereocenters. The van der Waals surface area contributed by atoms with E-state index in [1.54, 1.807) is 12.3 Å². The third-order valence-corrected chi connectivity index (χ3v) is 6.42. The van der Waals surface area contributed by atoms with Crippen molar-refractivity contribution in [3.05, 3.63) is 23.4 Å². The minimum Gasteiger partial charge on any atom is -0.474 e. The van der Waals surface area contributed by atoms with Crippen molar-refractivity contribution in [2.45, 2.75) is 89.7 Å². The number of carbonyl (C=O) groups is 1. The van der Waals surface area contributed by atoms with E-state index in [9.17, 15) is 4.79 Å². The van der Waals surface area contributed by atoms with E-state index in [1.807, 2.05) is 6.07 Å². The summed E-state index contributed by atoms with van der Waals surface area (Å²) in [6, 6.07) is 3.91. The fourth-order valence-corrected chi connectivity index (χ4v) is 4.56. The third kappa shape index (κ3) is 6.38. The molecule has 27 heavy (non-hydrogen) atoms. The van der Waals surface area contributed by atoms with Crippen molar-refractivity contribution in [2.24, 2.45) is 11.8 Å². The number of hydrogen-bond donors (Lipinski definition) is 1. The normalized spacial score (nSPS) is 28.5. The number of halogens is 1. The van der Waals surface area contributed by atoms with Crippen LogP contribution < -0.4 is 10.1 Å². The summed E-state index contributed by atoms with van der Waals surface area (Å²) >= 11 is 5.86. The van der Waals surface area contributed by atoms with Crippen molar-refractivity contribution in [2.75, 3.05) is 0 Å². The lowest BCUT2D eigenvalue weighted by atomic mass is 9.79. The maximum absolute atomic E-state index is 12.6. The van der Waals surface area contributed by atoms with Crippen LogP contribution in [0.2, 0.25) is 5.02 Å². The number of nitrogens with zero attached hydrogens (tertiary/aromatic N) is 1. The zero-order valence-corrected chi connectivity index (χ0v) is 17.2. The predicted molar refractivity (Wildman–Crippen MR) is 109 cm³/mol. The highest BCUT2D eigenvalue weighted by Gasteiger charge is 2.29. The van der Waals surface area contributed by atoms with Crippen molar-refractivity contribution >= 4 is 17.5 Å². The number of rotatable bonds is 7. The van der Waals surface area contributed by atoms with Gasteiger partial charge < -0.3 is 10.1 Å². The van der Waals surface area contributed by atoms with Crippen molar-refractivity contribution in [1.29, 1.82) is 0 Å². The number of amides is 1. The van der Waals surface area contributed by atoms with Crippen LogP contribution in [0.4, 0.5) is 0 Å². The average molecular weight is 393 g/mol. The summed E-state index contributed by atoms with van der Waals surface area (Å²) < 4.78 is 5.94. The van der Waals surface area contributed by atoms with Crippen LogP contribution in [0.5, 0.6) is 5.88 Å². The molecule has 5 heteroatoms. The van der Waals surface area contributed by atoms with E-state index >= 15 is 0 Å². The minimum atomic E-state index is 0.181. The monoisotopic (exact) mass is 392 g/mol. The molecule has 1 N–H and O–H groups in total. The van der Waals surface area contributed by atoms with Crippen molar-refractivity contribution in [3.63, 3.8) is 0 Å². The zero-order chi connectivity index (χ0) is 19.1. The summed E-state index contributed by atoms with van der Waals surface area (Å²) in [4.78, 5) is 16.8. The Kier molecular flexibility index (Phi) is 7.81. The Balaban J connectivity index is 1.35. The first-order valence-corrected chi connectivity index (χ1v) is 11.1. The Labute approximate surface area is 168 Å². The molecule has 2 aliphatic carbocycles. The van der Waals surface area contributed by atoms with Crippen LogP contribution in [0.3, 0.4) is 0 Å². The largest absolute Gasteiger partial charge is 0.474 e. The van der Waals surface area contributed by atoms with E-state index in [0.717, 1.165) is 44.4 Å². The van der Waals surface area contributed by atoms with Gasteiger partial charge >= 0.3 is 0 Å². The van der Waals surface area contributed by atoms with E-state index in [-0.39, 0.29) is 17.9 Å². The second kappa shape index (κ2) is 10.3. The lowest BCUT2D eigenvalue weighted by Crippen LogP contribution is -2.43. The van der Waals surface area contributed by atoms with Crippen LogP contribution in [-0.2, 0) is 4.79 Å². The molecule has 0 radical (unpaired) electrons. The molecule has 3 rings (SSSR count).